The molecule has 0 N–H and O–H groups in total. The fourth-order valence-electron chi connectivity index (χ4n) is 2.92. The number of amides is 1. The predicted molar refractivity (Wildman–Crippen MR) is 115 cm³/mol. The molecule has 10 heteroatoms. The minimum atomic E-state index is -1.07. The fourth-order valence-corrected chi connectivity index (χ4v) is 3.94. The van der Waals surface area contributed by atoms with E-state index in [1.54, 1.807) is 14.0 Å². The number of carbonyl (C=O) groups is 2. The number of nitro groups is 1. The van der Waals surface area contributed by atoms with Gasteiger partial charge in [0.25, 0.3) is 5.91 Å². The minimum Gasteiger partial charge on any atom is -0.487 e. The molecule has 0 fully saturated rings. The third-order valence-corrected chi connectivity index (χ3v) is 5.43. The molecule has 0 aliphatic carbocycles. The molecule has 3 rings (SSSR count). The third kappa shape index (κ3) is 5.15. The fraction of sp³-hybridized carbons (Fsp3) is 0.286. The molecule has 0 spiro atoms. The summed E-state index contributed by atoms with van der Waals surface area (Å²) in [7, 11) is 1.60. The summed E-state index contributed by atoms with van der Waals surface area (Å²) in [6.07, 6.45) is -1.07. The Balaban J connectivity index is 1.66. The van der Waals surface area contributed by atoms with Gasteiger partial charge >= 0.3 is 11.7 Å². The average molecular weight is 443 g/mol. The first-order valence-corrected chi connectivity index (χ1v) is 10.3. The van der Waals surface area contributed by atoms with Crippen LogP contribution in [-0.2, 0) is 16.1 Å². The van der Waals surface area contributed by atoms with Crippen molar-refractivity contribution in [2.75, 3.05) is 13.7 Å². The van der Waals surface area contributed by atoms with Gasteiger partial charge < -0.3 is 14.4 Å². The first-order chi connectivity index (χ1) is 14.8. The molecule has 31 heavy (non-hydrogen) atoms. The highest BCUT2D eigenvalue weighted by atomic mass is 32.1. The third-order valence-electron chi connectivity index (χ3n) is 4.41. The number of hydrogen-bond donors (Lipinski definition) is 0. The number of aromatic nitrogens is 1. The van der Waals surface area contributed by atoms with E-state index in [4.69, 9.17) is 9.47 Å². The lowest BCUT2D eigenvalue weighted by Crippen LogP contribution is -2.37. The molecule has 0 aliphatic rings. The van der Waals surface area contributed by atoms with Crippen LogP contribution in [0.4, 0.5) is 5.69 Å². The standard InChI is InChI=1S/C21H21N3O6S/c1-4-29-17-10-9-14(11-16(17)24(27)28)21(26)30-13(2)20(25)23(3)12-19-22-15-7-5-6-8-18(15)31-19/h5-11,13H,4,12H2,1-3H3. The number of carbonyl (C=O) groups excluding carboxylic acids is 2. The Morgan fingerprint density at radius 2 is 2.00 bits per heavy atom. The summed E-state index contributed by atoms with van der Waals surface area (Å²) in [6.45, 7) is 3.67. The topological polar surface area (TPSA) is 112 Å². The molecule has 162 valence electrons. The number of benzene rings is 2. The van der Waals surface area contributed by atoms with Gasteiger partial charge in [-0.15, -0.1) is 11.3 Å². The van der Waals surface area contributed by atoms with Crippen molar-refractivity contribution in [3.05, 3.63) is 63.1 Å². The lowest BCUT2D eigenvalue weighted by molar-refractivity contribution is -0.385. The van der Waals surface area contributed by atoms with Gasteiger partial charge in [0.15, 0.2) is 11.9 Å². The van der Waals surface area contributed by atoms with E-state index in [0.717, 1.165) is 21.3 Å². The number of rotatable bonds is 8. The quantitative estimate of drug-likeness (QED) is 0.296. The number of fused-ring (bicyclic) bond motifs is 1. The average Bonchev–Trinajstić information content (AvgIpc) is 3.15. The van der Waals surface area contributed by atoms with Crippen molar-refractivity contribution in [3.8, 4) is 5.75 Å². The highest BCUT2D eigenvalue weighted by Crippen LogP contribution is 2.28. The molecule has 0 bridgehead atoms. The van der Waals surface area contributed by atoms with E-state index >= 15 is 0 Å². The minimum absolute atomic E-state index is 0.0383. The van der Waals surface area contributed by atoms with Crippen molar-refractivity contribution in [1.29, 1.82) is 0 Å². The lowest BCUT2D eigenvalue weighted by Gasteiger charge is -2.20. The number of hydrogen-bond acceptors (Lipinski definition) is 8. The number of thiazole rings is 1. The maximum atomic E-state index is 12.6. The van der Waals surface area contributed by atoms with Gasteiger partial charge in [0.05, 0.1) is 33.9 Å². The lowest BCUT2D eigenvalue weighted by atomic mass is 10.2. The van der Waals surface area contributed by atoms with Crippen LogP contribution >= 0.6 is 11.3 Å². The molecule has 1 aromatic heterocycles. The van der Waals surface area contributed by atoms with Gasteiger partial charge in [0.2, 0.25) is 0 Å². The largest absolute Gasteiger partial charge is 0.487 e. The van der Waals surface area contributed by atoms with Crippen LogP contribution in [0.15, 0.2) is 42.5 Å². The Morgan fingerprint density at radius 1 is 1.26 bits per heavy atom. The van der Waals surface area contributed by atoms with Crippen molar-refractivity contribution in [2.45, 2.75) is 26.5 Å². The molecule has 1 atom stereocenters. The zero-order valence-corrected chi connectivity index (χ0v) is 18.0. The van der Waals surface area contributed by atoms with Crippen LogP contribution in [0.5, 0.6) is 5.75 Å². The van der Waals surface area contributed by atoms with Gasteiger partial charge in [-0.05, 0) is 38.1 Å². The van der Waals surface area contributed by atoms with Gasteiger partial charge in [0.1, 0.15) is 5.01 Å². The van der Waals surface area contributed by atoms with Gasteiger partial charge in [0, 0.05) is 13.1 Å². The number of likely N-dealkylation sites (N-methyl/N-ethyl adjacent to an activating group) is 1. The van der Waals surface area contributed by atoms with E-state index in [2.05, 4.69) is 4.98 Å². The Hall–Kier alpha value is -3.53. The molecule has 0 saturated heterocycles. The highest BCUT2D eigenvalue weighted by Gasteiger charge is 2.25. The van der Waals surface area contributed by atoms with Gasteiger partial charge in [-0.25, -0.2) is 9.78 Å². The summed E-state index contributed by atoms with van der Waals surface area (Å²) >= 11 is 1.49. The molecule has 2 aromatic carbocycles. The number of ether oxygens (including phenoxy) is 2. The molecule has 9 nitrogen and oxygen atoms in total. The number of nitrogens with zero attached hydrogens (tertiary/aromatic N) is 3. The summed E-state index contributed by atoms with van der Waals surface area (Å²) in [5.41, 5.74) is 0.479. The second-order valence-corrected chi connectivity index (χ2v) is 7.80. The van der Waals surface area contributed by atoms with Crippen LogP contribution in [0.3, 0.4) is 0 Å². The van der Waals surface area contributed by atoms with Crippen LogP contribution in [0.1, 0.15) is 29.2 Å². The molecule has 1 unspecified atom stereocenters. The summed E-state index contributed by atoms with van der Waals surface area (Å²) in [4.78, 5) is 41.6. The first kappa shape index (κ1) is 22.2. The number of nitro benzene ring substituents is 1. The zero-order chi connectivity index (χ0) is 22.5. The van der Waals surface area contributed by atoms with Crippen LogP contribution in [0, 0.1) is 10.1 Å². The predicted octanol–water partition coefficient (Wildman–Crippen LogP) is 3.81. The van der Waals surface area contributed by atoms with E-state index in [1.807, 2.05) is 24.3 Å². The number of esters is 1. The maximum Gasteiger partial charge on any atom is 0.339 e. The molecule has 1 heterocycles. The van der Waals surface area contributed by atoms with Crippen molar-refractivity contribution in [2.24, 2.45) is 0 Å². The Morgan fingerprint density at radius 3 is 2.68 bits per heavy atom. The van der Waals surface area contributed by atoms with E-state index in [-0.39, 0.29) is 30.2 Å². The molecular formula is C21H21N3O6S. The van der Waals surface area contributed by atoms with Crippen molar-refractivity contribution >= 4 is 39.1 Å². The van der Waals surface area contributed by atoms with E-state index in [1.165, 1.54) is 35.3 Å². The van der Waals surface area contributed by atoms with Crippen LogP contribution in [-0.4, -0.2) is 46.4 Å². The van der Waals surface area contributed by atoms with Crippen molar-refractivity contribution in [1.82, 2.24) is 9.88 Å². The van der Waals surface area contributed by atoms with Gasteiger partial charge in [-0.3, -0.25) is 14.9 Å². The Kier molecular flexibility index (Phi) is 6.81. The summed E-state index contributed by atoms with van der Waals surface area (Å²) in [5, 5.41) is 12.0. The summed E-state index contributed by atoms with van der Waals surface area (Å²) < 4.78 is 11.5. The molecule has 0 aliphatic heterocycles. The smallest absolute Gasteiger partial charge is 0.339 e. The van der Waals surface area contributed by atoms with Crippen LogP contribution in [0.2, 0.25) is 0 Å². The molecule has 0 saturated carbocycles. The highest BCUT2D eigenvalue weighted by molar-refractivity contribution is 7.18. The number of para-hydroxylation sites is 1. The maximum absolute atomic E-state index is 12.6. The van der Waals surface area contributed by atoms with E-state index < -0.39 is 22.9 Å². The van der Waals surface area contributed by atoms with Crippen molar-refractivity contribution < 1.29 is 24.0 Å². The monoisotopic (exact) mass is 443 g/mol. The molecule has 1 amide bonds. The van der Waals surface area contributed by atoms with Gasteiger partial charge in [-0.2, -0.15) is 0 Å². The zero-order valence-electron chi connectivity index (χ0n) is 17.2. The van der Waals surface area contributed by atoms with E-state index in [0.29, 0.717) is 0 Å². The second-order valence-electron chi connectivity index (χ2n) is 6.69. The van der Waals surface area contributed by atoms with Gasteiger partial charge in [-0.1, -0.05) is 12.1 Å². The molecule has 3 aromatic rings. The molecule has 0 radical (unpaired) electrons. The van der Waals surface area contributed by atoms with E-state index in [9.17, 15) is 19.7 Å². The van der Waals surface area contributed by atoms with Crippen LogP contribution in [0.25, 0.3) is 10.2 Å². The molecular weight excluding hydrogens is 422 g/mol. The van der Waals surface area contributed by atoms with Crippen molar-refractivity contribution in [3.63, 3.8) is 0 Å². The van der Waals surface area contributed by atoms with Crippen LogP contribution < -0.4 is 4.74 Å². The SMILES string of the molecule is CCOc1ccc(C(=O)OC(C)C(=O)N(C)Cc2nc3ccccc3s2)cc1[N+](=O)[O-]. The summed E-state index contributed by atoms with van der Waals surface area (Å²) in [5.74, 6) is -1.18. The second kappa shape index (κ2) is 9.52. The Bertz CT molecular complexity index is 1100. The normalized spacial score (nSPS) is 11.7. The Labute approximate surface area is 182 Å². The summed E-state index contributed by atoms with van der Waals surface area (Å²) in [6, 6.07) is 11.5. The first-order valence-electron chi connectivity index (χ1n) is 9.51.